The molecule has 0 atom stereocenters. The predicted octanol–water partition coefficient (Wildman–Crippen LogP) is 3.55. The van der Waals surface area contributed by atoms with E-state index in [0.717, 1.165) is 17.7 Å². The average Bonchev–Trinajstić information content (AvgIpc) is 2.41. The summed E-state index contributed by atoms with van der Waals surface area (Å²) < 4.78 is 25.7. The fraction of sp³-hybridized carbons (Fsp3) is 0.0714. The molecule has 2 rings (SSSR count). The zero-order chi connectivity index (χ0) is 13.8. The number of rotatable bonds is 3. The molecule has 19 heavy (non-hydrogen) atoms. The standard InChI is InChI=1S/C14H10ClF2NO/c15-11-4-1-9(2-5-11)8-18-14(19)10-3-6-12(16)13(17)7-10/h1-7H,8H2,(H,18,19). The zero-order valence-electron chi connectivity index (χ0n) is 9.79. The van der Waals surface area contributed by atoms with E-state index < -0.39 is 17.5 Å². The summed E-state index contributed by atoms with van der Waals surface area (Å²) in [5.41, 5.74) is 0.938. The minimum absolute atomic E-state index is 0.0767. The van der Waals surface area contributed by atoms with Crippen molar-refractivity contribution < 1.29 is 13.6 Å². The normalized spacial score (nSPS) is 10.3. The third kappa shape index (κ3) is 3.51. The van der Waals surface area contributed by atoms with Gasteiger partial charge < -0.3 is 5.32 Å². The van der Waals surface area contributed by atoms with Crippen molar-refractivity contribution >= 4 is 17.5 Å². The van der Waals surface area contributed by atoms with E-state index >= 15 is 0 Å². The first-order valence-electron chi connectivity index (χ1n) is 5.54. The smallest absolute Gasteiger partial charge is 0.251 e. The predicted molar refractivity (Wildman–Crippen MR) is 69.0 cm³/mol. The number of halogens is 3. The van der Waals surface area contributed by atoms with E-state index in [-0.39, 0.29) is 12.1 Å². The lowest BCUT2D eigenvalue weighted by Crippen LogP contribution is -2.22. The van der Waals surface area contributed by atoms with E-state index in [1.165, 1.54) is 6.07 Å². The van der Waals surface area contributed by atoms with Crippen LogP contribution in [0.2, 0.25) is 5.02 Å². The maximum absolute atomic E-state index is 13.0. The summed E-state index contributed by atoms with van der Waals surface area (Å²) in [5.74, 6) is -2.48. The number of benzene rings is 2. The van der Waals surface area contributed by atoms with Gasteiger partial charge in [-0.05, 0) is 35.9 Å². The Morgan fingerprint density at radius 1 is 1.05 bits per heavy atom. The summed E-state index contributed by atoms with van der Waals surface area (Å²) in [6, 6.07) is 9.98. The number of amides is 1. The Morgan fingerprint density at radius 2 is 1.74 bits per heavy atom. The summed E-state index contributed by atoms with van der Waals surface area (Å²) in [4.78, 5) is 11.7. The van der Waals surface area contributed by atoms with Gasteiger partial charge in [0.1, 0.15) is 0 Å². The Balaban J connectivity index is 2.01. The van der Waals surface area contributed by atoms with Gasteiger partial charge in [0.2, 0.25) is 0 Å². The zero-order valence-corrected chi connectivity index (χ0v) is 10.5. The van der Waals surface area contributed by atoms with Crippen LogP contribution in [0.25, 0.3) is 0 Å². The number of carbonyl (C=O) groups is 1. The quantitative estimate of drug-likeness (QED) is 0.916. The molecule has 0 aliphatic heterocycles. The van der Waals surface area contributed by atoms with Gasteiger partial charge >= 0.3 is 0 Å². The maximum Gasteiger partial charge on any atom is 0.251 e. The van der Waals surface area contributed by atoms with Crippen molar-refractivity contribution in [2.75, 3.05) is 0 Å². The molecule has 2 aromatic carbocycles. The van der Waals surface area contributed by atoms with Gasteiger partial charge in [-0.25, -0.2) is 8.78 Å². The molecule has 0 aliphatic carbocycles. The summed E-state index contributed by atoms with van der Waals surface area (Å²) in [7, 11) is 0. The minimum atomic E-state index is -1.04. The van der Waals surface area contributed by atoms with E-state index in [1.807, 2.05) is 0 Å². The van der Waals surface area contributed by atoms with Gasteiger partial charge in [0.25, 0.3) is 5.91 Å². The Kier molecular flexibility index (Phi) is 4.12. The van der Waals surface area contributed by atoms with Crippen LogP contribution in [0.4, 0.5) is 8.78 Å². The highest BCUT2D eigenvalue weighted by Gasteiger charge is 2.09. The van der Waals surface area contributed by atoms with Crippen LogP contribution < -0.4 is 5.32 Å². The van der Waals surface area contributed by atoms with Crippen LogP contribution >= 0.6 is 11.6 Å². The molecule has 2 aromatic rings. The molecule has 0 aromatic heterocycles. The van der Waals surface area contributed by atoms with Crippen LogP contribution in [0.15, 0.2) is 42.5 Å². The molecule has 0 heterocycles. The highest BCUT2D eigenvalue weighted by atomic mass is 35.5. The lowest BCUT2D eigenvalue weighted by atomic mass is 10.2. The Hall–Kier alpha value is -1.94. The molecule has 0 saturated carbocycles. The summed E-state index contributed by atoms with van der Waals surface area (Å²) in [6.45, 7) is 0.287. The summed E-state index contributed by atoms with van der Waals surface area (Å²) in [6.07, 6.45) is 0. The fourth-order valence-corrected chi connectivity index (χ4v) is 1.65. The van der Waals surface area contributed by atoms with E-state index in [0.29, 0.717) is 5.02 Å². The number of hydrogen-bond acceptors (Lipinski definition) is 1. The molecular formula is C14H10ClF2NO. The first-order chi connectivity index (χ1) is 9.06. The van der Waals surface area contributed by atoms with Crippen molar-refractivity contribution in [3.8, 4) is 0 Å². The van der Waals surface area contributed by atoms with Crippen molar-refractivity contribution in [1.29, 1.82) is 0 Å². The second-order valence-corrected chi connectivity index (χ2v) is 4.37. The van der Waals surface area contributed by atoms with Crippen LogP contribution in [0.3, 0.4) is 0 Å². The molecule has 0 saturated heterocycles. The average molecular weight is 282 g/mol. The third-order valence-corrected chi connectivity index (χ3v) is 2.80. The molecule has 1 amide bonds. The van der Waals surface area contributed by atoms with E-state index in [2.05, 4.69) is 5.32 Å². The van der Waals surface area contributed by atoms with Gasteiger partial charge in [0, 0.05) is 17.1 Å². The molecule has 0 radical (unpaired) electrons. The lowest BCUT2D eigenvalue weighted by Gasteiger charge is -2.06. The molecule has 98 valence electrons. The van der Waals surface area contributed by atoms with Crippen LogP contribution in [0, 0.1) is 11.6 Å². The van der Waals surface area contributed by atoms with Gasteiger partial charge in [-0.2, -0.15) is 0 Å². The molecule has 0 bridgehead atoms. The third-order valence-electron chi connectivity index (χ3n) is 2.55. The van der Waals surface area contributed by atoms with E-state index in [1.54, 1.807) is 24.3 Å². The Bertz CT molecular complexity index is 599. The van der Waals surface area contributed by atoms with Crippen molar-refractivity contribution in [2.24, 2.45) is 0 Å². The van der Waals surface area contributed by atoms with Gasteiger partial charge in [-0.1, -0.05) is 23.7 Å². The molecular weight excluding hydrogens is 272 g/mol. The molecule has 0 aliphatic rings. The van der Waals surface area contributed by atoms with Crippen LogP contribution in [-0.2, 0) is 6.54 Å². The Labute approximate surface area is 114 Å². The molecule has 0 unspecified atom stereocenters. The van der Waals surface area contributed by atoms with Crippen molar-refractivity contribution in [3.63, 3.8) is 0 Å². The Morgan fingerprint density at radius 3 is 2.37 bits per heavy atom. The molecule has 2 nitrogen and oxygen atoms in total. The first-order valence-corrected chi connectivity index (χ1v) is 5.92. The van der Waals surface area contributed by atoms with E-state index in [9.17, 15) is 13.6 Å². The monoisotopic (exact) mass is 281 g/mol. The first kappa shape index (κ1) is 13.5. The van der Waals surface area contributed by atoms with E-state index in [4.69, 9.17) is 11.6 Å². The van der Waals surface area contributed by atoms with Crippen LogP contribution in [0.1, 0.15) is 15.9 Å². The highest BCUT2D eigenvalue weighted by Crippen LogP contribution is 2.11. The molecule has 0 fully saturated rings. The lowest BCUT2D eigenvalue weighted by molar-refractivity contribution is 0.0950. The topological polar surface area (TPSA) is 29.1 Å². The van der Waals surface area contributed by atoms with Gasteiger partial charge in [-0.3, -0.25) is 4.79 Å². The van der Waals surface area contributed by atoms with Crippen LogP contribution in [0.5, 0.6) is 0 Å². The minimum Gasteiger partial charge on any atom is -0.348 e. The summed E-state index contributed by atoms with van der Waals surface area (Å²) >= 11 is 5.74. The number of nitrogens with one attached hydrogen (secondary N) is 1. The van der Waals surface area contributed by atoms with Crippen LogP contribution in [-0.4, -0.2) is 5.91 Å². The van der Waals surface area contributed by atoms with Gasteiger partial charge in [-0.15, -0.1) is 0 Å². The largest absolute Gasteiger partial charge is 0.348 e. The van der Waals surface area contributed by atoms with Crippen molar-refractivity contribution in [3.05, 3.63) is 70.2 Å². The number of carbonyl (C=O) groups excluding carboxylic acids is 1. The van der Waals surface area contributed by atoms with Gasteiger partial charge in [0.05, 0.1) is 0 Å². The fourth-order valence-electron chi connectivity index (χ4n) is 1.52. The van der Waals surface area contributed by atoms with Crippen molar-refractivity contribution in [2.45, 2.75) is 6.54 Å². The highest BCUT2D eigenvalue weighted by molar-refractivity contribution is 6.30. The SMILES string of the molecule is O=C(NCc1ccc(Cl)cc1)c1ccc(F)c(F)c1. The van der Waals surface area contributed by atoms with Gasteiger partial charge in [0.15, 0.2) is 11.6 Å². The van der Waals surface area contributed by atoms with Crippen molar-refractivity contribution in [1.82, 2.24) is 5.32 Å². The molecule has 1 N–H and O–H groups in total. The molecule has 0 spiro atoms. The summed E-state index contributed by atoms with van der Waals surface area (Å²) in [5, 5.41) is 3.22. The second kappa shape index (κ2) is 5.80. The maximum atomic E-state index is 13.0. The molecule has 5 heteroatoms. The number of hydrogen-bond donors (Lipinski definition) is 1. The second-order valence-electron chi connectivity index (χ2n) is 3.94.